The molecule has 7 aromatic carbocycles. The fourth-order valence-electron chi connectivity index (χ4n) is 15.5. The zero-order valence-corrected chi connectivity index (χ0v) is 67.4. The van der Waals surface area contributed by atoms with Crippen molar-refractivity contribution in [3.8, 4) is 80.1 Å². The molecule has 9 aliphatic rings. The van der Waals surface area contributed by atoms with Crippen molar-refractivity contribution in [1.29, 1.82) is 0 Å². The molecule has 3 saturated heterocycles. The average Bonchev–Trinajstić information content (AvgIpc) is 0.755. The lowest BCUT2D eigenvalue weighted by atomic mass is 9.89. The molecule has 0 radical (unpaired) electrons. The number of aromatic hydroxyl groups is 4. The molecule has 16 rings (SSSR count). The van der Waals surface area contributed by atoms with Gasteiger partial charge in [-0.15, -0.1) is 0 Å². The molecule has 126 heavy (non-hydrogen) atoms. The van der Waals surface area contributed by atoms with Crippen molar-refractivity contribution in [2.75, 3.05) is 19.8 Å². The molecule has 42 nitrogen and oxygen atoms in total. The number of nitrogens with one attached hydrogen (secondary N) is 8. The number of halogens is 2. The first-order valence-electron chi connectivity index (χ1n) is 39.1. The third-order valence-corrected chi connectivity index (χ3v) is 22.5. The third-order valence-electron chi connectivity index (χ3n) is 21.9. The van der Waals surface area contributed by atoms with Gasteiger partial charge in [-0.1, -0.05) is 54.4 Å². The van der Waals surface area contributed by atoms with E-state index in [4.69, 9.17) is 71.6 Å². The van der Waals surface area contributed by atoms with Crippen LogP contribution in [0.2, 0.25) is 10.0 Å². The summed E-state index contributed by atoms with van der Waals surface area (Å²) in [6.45, 7) is -0.528. The monoisotopic (exact) mass is 1790 g/mol. The first kappa shape index (κ1) is 90.2. The fraction of sp³-hybridized carbons (Fsp3) is 0.378. The molecule has 0 saturated carbocycles. The number of hydrogen-bond donors (Lipinski definition) is 24. The Hall–Kier alpha value is -12.1. The van der Waals surface area contributed by atoms with Gasteiger partial charge in [0, 0.05) is 48.6 Å². The Bertz CT molecular complexity index is 5420. The highest BCUT2D eigenvalue weighted by Gasteiger charge is 2.52. The second-order valence-corrected chi connectivity index (χ2v) is 31.4. The molecule has 44 heteroatoms. The van der Waals surface area contributed by atoms with Crippen molar-refractivity contribution >= 4 is 76.4 Å². The highest BCUT2D eigenvalue weighted by atomic mass is 35.5. The molecule has 3 fully saturated rings. The minimum Gasteiger partial charge on any atom is -0.508 e. The predicted molar refractivity (Wildman–Crippen MR) is 425 cm³/mol. The topological polar surface area (TPSA) is 662 Å². The molecule has 0 aromatic heterocycles. The Morgan fingerprint density at radius 2 is 1.05 bits per heavy atom. The van der Waals surface area contributed by atoms with Crippen LogP contribution in [0.5, 0.6) is 69.0 Å². The van der Waals surface area contributed by atoms with Crippen LogP contribution in [0.1, 0.15) is 102 Å². The summed E-state index contributed by atoms with van der Waals surface area (Å²) in [6, 6.07) is 0.523. The van der Waals surface area contributed by atoms with Crippen molar-refractivity contribution in [2.24, 2.45) is 5.73 Å². The first-order chi connectivity index (χ1) is 60.0. The summed E-state index contributed by atoms with van der Waals surface area (Å²) in [6.07, 6.45) is -29.1. The SMILES string of the molecule is CCCC(=O)NC1[C@H](Oc2c3cc4cc2Oc2ccc(cc2Cl)[C@@H](O[C@@H]2OC(CO)[C@@H](O)C(O)[C@@H]2NC(C)=O)[C@@H]2NC(=O)[C@H](NC(=O)[C@@H]4NC(=O)[C@H]4NC(=O)[C@@H](Cc5ccc(c(Cl)c5)O3)NC(=O)[C@H](N)c3ccc(O)c(c3)Oc3cc(O)cc4c3)c3ccc(O)c(c3)-c3c(O[C@H]4OC(CO)[C@@H](O)[C@@H](O)C4O)cc(O)cc3[C@@H](C(=O)O)NC2=O)OC(CO)[C@@H](O)[C@@H]1O. The van der Waals surface area contributed by atoms with Crippen LogP contribution < -0.4 is 72.0 Å². The molecule has 8 amide bonds. The van der Waals surface area contributed by atoms with Crippen LogP contribution in [-0.4, -0.2) is 254 Å². The molecule has 9 aliphatic heterocycles. The number of benzene rings is 7. The van der Waals surface area contributed by atoms with Gasteiger partial charge in [-0.05, 0) is 119 Å². The number of carboxylic acid groups (broad SMARTS) is 1. The molecule has 7 aromatic rings. The summed E-state index contributed by atoms with van der Waals surface area (Å²) in [5, 5.41) is 189. The number of amides is 8. The molecule has 25 N–H and O–H groups in total. The smallest absolute Gasteiger partial charge is 0.330 e. The summed E-state index contributed by atoms with van der Waals surface area (Å²) in [4.78, 5) is 137. The maximum absolute atomic E-state index is 16.9. The van der Waals surface area contributed by atoms with E-state index in [0.717, 1.165) is 91.9 Å². The van der Waals surface area contributed by atoms with Crippen molar-refractivity contribution in [3.05, 3.63) is 164 Å². The average molecular weight is 1800 g/mol. The predicted octanol–water partition coefficient (Wildman–Crippen LogP) is -1.18. The first-order valence-corrected chi connectivity index (χ1v) is 39.9. The van der Waals surface area contributed by atoms with E-state index in [1.165, 1.54) is 30.3 Å². The maximum Gasteiger partial charge on any atom is 0.330 e. The number of nitrogens with two attached hydrogens (primary N) is 1. The maximum atomic E-state index is 16.9. The van der Waals surface area contributed by atoms with E-state index in [1.807, 2.05) is 0 Å². The minimum atomic E-state index is -2.59. The molecule has 17 bridgehead atoms. The number of carbonyl (C=O) groups excluding carboxylic acids is 8. The zero-order valence-electron chi connectivity index (χ0n) is 65.9. The minimum absolute atomic E-state index is 0.0251. The Kier molecular flexibility index (Phi) is 26.7. The van der Waals surface area contributed by atoms with Gasteiger partial charge < -0.3 is 167 Å². The number of fused-ring (bicyclic) bond motifs is 14. The Labute approximate surface area is 721 Å². The normalized spacial score (nSPS) is 29.7. The van der Waals surface area contributed by atoms with Gasteiger partial charge in [0.05, 0.1) is 29.9 Å². The standard InChI is InChI=1S/C82H85Cl2N9O33/c1-3-4-54(102)88-62-68(107)65(104)52(26-95)123-81(62)126-72-49-20-34-21-50(72)120-46-12-8-32(18-41(46)84)71(125-80-61(86-28(2)97)67(106)64(103)51(25-94)122-80)63-78(115)92-60(79(116)117)39-23-36(99)24-48(121-82-70(109)69(108)66(105)53(27-96)124-82)55(39)38-17-31(7-9-43(38)100)57(75(112)93-63)90-77(114)59(34)91-76(113)58-33-15-35(98)22-37(16-33)118-47-19-30(6-10-44(47)101)56(85)74(111)87-42(73(110)89-58)14-29-5-11-45(119-49)40(83)13-29/h5-13,15-24,42,51-53,56-71,80-82,94-96,98-101,103-109H,3-4,14,25-27,85H2,1-2H3,(H,86,97)(H,87,111)(H,88,102)(H,89,110)(H,90,114)(H,91,113)(H,92,115)(H,93,112)(H,116,117)/t42-,51?,52?,53?,56-,57-,58+,59-,60+,61+,62?,63+,64-,65-,66-,67?,68-,69-,70?,71-,80+,81+,82+/m1/s1. The van der Waals surface area contributed by atoms with E-state index in [1.54, 1.807) is 6.92 Å². The van der Waals surface area contributed by atoms with Crippen LogP contribution >= 0.6 is 23.2 Å². The fourth-order valence-corrected chi connectivity index (χ4v) is 16.0. The number of ether oxygens (including phenoxy) is 9. The molecule has 670 valence electrons. The second-order valence-electron chi connectivity index (χ2n) is 30.6. The zero-order chi connectivity index (χ0) is 90.5. The summed E-state index contributed by atoms with van der Waals surface area (Å²) in [7, 11) is 0. The molecular weight excluding hydrogens is 1710 g/mol. The molecular formula is C82H85Cl2N9O33. The number of carboxylic acids is 1. The number of aliphatic carboxylic acids is 1. The van der Waals surface area contributed by atoms with Gasteiger partial charge in [0.1, 0.15) is 156 Å². The van der Waals surface area contributed by atoms with Crippen LogP contribution in [-0.2, 0) is 68.5 Å². The van der Waals surface area contributed by atoms with Crippen molar-refractivity contribution in [1.82, 2.24) is 42.5 Å². The lowest BCUT2D eigenvalue weighted by Gasteiger charge is -2.44. The van der Waals surface area contributed by atoms with E-state index in [-0.39, 0.29) is 46.2 Å². The number of hydrogen-bond acceptors (Lipinski definition) is 33. The van der Waals surface area contributed by atoms with E-state index >= 15 is 24.0 Å². The van der Waals surface area contributed by atoms with Gasteiger partial charge in [-0.2, -0.15) is 0 Å². The van der Waals surface area contributed by atoms with Crippen molar-refractivity contribution in [3.63, 3.8) is 0 Å². The van der Waals surface area contributed by atoms with Crippen LogP contribution in [0.25, 0.3) is 11.1 Å². The van der Waals surface area contributed by atoms with Crippen molar-refractivity contribution in [2.45, 2.75) is 174 Å². The molecule has 23 atom stereocenters. The van der Waals surface area contributed by atoms with E-state index in [9.17, 15) is 95.8 Å². The van der Waals surface area contributed by atoms with Crippen LogP contribution in [0.4, 0.5) is 0 Å². The number of rotatable bonds is 14. The van der Waals surface area contributed by atoms with E-state index in [0.29, 0.717) is 0 Å². The second kappa shape index (κ2) is 37.2. The number of phenolic OH excluding ortho intramolecular Hbond substituents is 4. The van der Waals surface area contributed by atoms with Crippen LogP contribution in [0, 0.1) is 0 Å². The quantitative estimate of drug-likeness (QED) is 0.0609. The molecule has 0 spiro atoms. The van der Waals surface area contributed by atoms with Gasteiger partial charge in [0.15, 0.2) is 35.3 Å². The van der Waals surface area contributed by atoms with Crippen LogP contribution in [0.3, 0.4) is 0 Å². The lowest BCUT2D eigenvalue weighted by molar-refractivity contribution is -0.284. The highest BCUT2D eigenvalue weighted by Crippen LogP contribution is 2.51. The summed E-state index contributed by atoms with van der Waals surface area (Å²) >= 11 is 14.6. The molecule has 0 aliphatic carbocycles. The third kappa shape index (κ3) is 18.5. The highest BCUT2D eigenvalue weighted by molar-refractivity contribution is 6.32. The van der Waals surface area contributed by atoms with E-state index < -0.39 is 316 Å². The summed E-state index contributed by atoms with van der Waals surface area (Å²) < 4.78 is 57.0. The Balaban J connectivity index is 1.05. The molecule has 9 heterocycles. The number of phenols is 4. The number of aliphatic hydroxyl groups is 10. The van der Waals surface area contributed by atoms with Gasteiger partial charge >= 0.3 is 5.97 Å². The van der Waals surface area contributed by atoms with Gasteiger partial charge in [-0.3, -0.25) is 38.4 Å². The lowest BCUT2D eigenvalue weighted by Crippen LogP contribution is -2.65. The Morgan fingerprint density at radius 3 is 1.67 bits per heavy atom. The number of aliphatic hydroxyl groups excluding tert-OH is 10. The summed E-state index contributed by atoms with van der Waals surface area (Å²) in [5.41, 5.74) is 2.74. The largest absolute Gasteiger partial charge is 0.508 e. The van der Waals surface area contributed by atoms with Crippen molar-refractivity contribution < 1.29 is 162 Å². The van der Waals surface area contributed by atoms with Crippen LogP contribution in [0.15, 0.2) is 115 Å². The van der Waals surface area contributed by atoms with Gasteiger partial charge in [0.25, 0.3) is 0 Å². The molecule has 6 unspecified atom stereocenters. The van der Waals surface area contributed by atoms with E-state index in [2.05, 4.69) is 42.5 Å². The Morgan fingerprint density at radius 1 is 0.500 bits per heavy atom. The summed E-state index contributed by atoms with van der Waals surface area (Å²) in [5.74, 6) is -19.7. The van der Waals surface area contributed by atoms with Gasteiger partial charge in [0.2, 0.25) is 65.6 Å². The number of carbonyl (C=O) groups is 9. The van der Waals surface area contributed by atoms with Gasteiger partial charge in [-0.25, -0.2) is 4.79 Å².